The maximum atomic E-state index is 11.3. The van der Waals surface area contributed by atoms with Gasteiger partial charge in [0.2, 0.25) is 5.88 Å². The third-order valence-corrected chi connectivity index (χ3v) is 2.60. The number of pyridine rings is 1. The molecule has 19 heavy (non-hydrogen) atoms. The summed E-state index contributed by atoms with van der Waals surface area (Å²) in [6, 6.07) is 10.3. The molecular formula is C14H11N3O2. The Labute approximate surface area is 110 Å². The summed E-state index contributed by atoms with van der Waals surface area (Å²) in [5, 5.41) is 9.09. The van der Waals surface area contributed by atoms with E-state index in [-0.39, 0.29) is 17.2 Å². The summed E-state index contributed by atoms with van der Waals surface area (Å²) in [4.78, 5) is 15.3. The molecule has 5 heteroatoms. The van der Waals surface area contributed by atoms with Crippen LogP contribution >= 0.6 is 0 Å². The maximum absolute atomic E-state index is 11.3. The molecule has 0 aliphatic carbocycles. The molecule has 0 fully saturated rings. The quantitative estimate of drug-likeness (QED) is 0.907. The van der Waals surface area contributed by atoms with Crippen molar-refractivity contribution in [1.29, 1.82) is 5.26 Å². The minimum absolute atomic E-state index is 0.163. The lowest BCUT2D eigenvalue weighted by Gasteiger charge is -2.10. The third kappa shape index (κ3) is 2.53. The summed E-state index contributed by atoms with van der Waals surface area (Å²) in [6.45, 7) is 1.78. The van der Waals surface area contributed by atoms with Crippen LogP contribution in [-0.2, 0) is 0 Å². The van der Waals surface area contributed by atoms with E-state index in [1.165, 1.54) is 0 Å². The van der Waals surface area contributed by atoms with Crippen LogP contribution < -0.4 is 10.5 Å². The lowest BCUT2D eigenvalue weighted by Crippen LogP contribution is -2.12. The summed E-state index contributed by atoms with van der Waals surface area (Å²) in [6.07, 6.45) is 1.54. The zero-order valence-corrected chi connectivity index (χ0v) is 10.3. The van der Waals surface area contributed by atoms with Crippen molar-refractivity contribution in [3.05, 3.63) is 53.2 Å². The second-order valence-electron chi connectivity index (χ2n) is 3.88. The van der Waals surface area contributed by atoms with E-state index in [0.717, 1.165) is 5.56 Å². The average Bonchev–Trinajstić information content (AvgIpc) is 2.39. The number of hydrogen-bond acceptors (Lipinski definition) is 4. The van der Waals surface area contributed by atoms with Gasteiger partial charge in [-0.2, -0.15) is 5.26 Å². The fraction of sp³-hybridized carbons (Fsp3) is 0.0714. The summed E-state index contributed by atoms with van der Waals surface area (Å²) >= 11 is 0. The van der Waals surface area contributed by atoms with Crippen molar-refractivity contribution in [1.82, 2.24) is 4.98 Å². The molecule has 2 rings (SSSR count). The first-order chi connectivity index (χ1) is 9.13. The van der Waals surface area contributed by atoms with E-state index >= 15 is 0 Å². The van der Waals surface area contributed by atoms with Gasteiger partial charge in [-0.15, -0.1) is 0 Å². The van der Waals surface area contributed by atoms with Crippen molar-refractivity contribution in [3.8, 4) is 17.7 Å². The molecule has 1 aromatic heterocycles. The van der Waals surface area contributed by atoms with E-state index in [9.17, 15) is 4.79 Å². The monoisotopic (exact) mass is 253 g/mol. The van der Waals surface area contributed by atoms with E-state index in [1.807, 2.05) is 6.07 Å². The second-order valence-corrected chi connectivity index (χ2v) is 3.88. The number of para-hydroxylation sites is 1. The smallest absolute Gasteiger partial charge is 0.252 e. The first-order valence-electron chi connectivity index (χ1n) is 5.56. The molecule has 0 saturated carbocycles. The molecule has 0 bridgehead atoms. The van der Waals surface area contributed by atoms with E-state index in [2.05, 4.69) is 4.98 Å². The van der Waals surface area contributed by atoms with Crippen molar-refractivity contribution in [2.24, 2.45) is 5.73 Å². The Morgan fingerprint density at radius 2 is 2.11 bits per heavy atom. The highest BCUT2D eigenvalue weighted by molar-refractivity contribution is 5.95. The molecule has 0 aliphatic rings. The number of rotatable bonds is 3. The zero-order valence-electron chi connectivity index (χ0n) is 10.3. The molecule has 0 aliphatic heterocycles. The molecule has 1 amide bonds. The Balaban J connectivity index is 2.46. The van der Waals surface area contributed by atoms with Gasteiger partial charge in [-0.1, -0.05) is 12.1 Å². The van der Waals surface area contributed by atoms with E-state index in [0.29, 0.717) is 5.56 Å². The van der Waals surface area contributed by atoms with Crippen LogP contribution in [0.4, 0.5) is 0 Å². The molecule has 1 heterocycles. The number of benzene rings is 1. The summed E-state index contributed by atoms with van der Waals surface area (Å²) < 4.78 is 5.54. The van der Waals surface area contributed by atoms with Crippen LogP contribution in [0.2, 0.25) is 0 Å². The minimum atomic E-state index is -0.596. The number of aryl methyl sites for hydroxylation is 1. The number of carbonyl (C=O) groups is 1. The number of aromatic nitrogens is 1. The number of amides is 1. The Hall–Kier alpha value is -2.87. The highest BCUT2D eigenvalue weighted by Gasteiger charge is 2.13. The van der Waals surface area contributed by atoms with Crippen molar-refractivity contribution in [2.75, 3.05) is 0 Å². The Bertz CT molecular complexity index is 675. The number of nitriles is 1. The third-order valence-electron chi connectivity index (χ3n) is 2.60. The maximum Gasteiger partial charge on any atom is 0.252 e. The number of nitrogens with two attached hydrogens (primary N) is 1. The van der Waals surface area contributed by atoms with Crippen LogP contribution in [0.5, 0.6) is 11.6 Å². The molecule has 0 saturated heterocycles. The van der Waals surface area contributed by atoms with E-state index in [1.54, 1.807) is 43.5 Å². The van der Waals surface area contributed by atoms with E-state index in [4.69, 9.17) is 15.7 Å². The lowest BCUT2D eigenvalue weighted by molar-refractivity contribution is 0.0998. The highest BCUT2D eigenvalue weighted by atomic mass is 16.5. The molecule has 0 atom stereocenters. The Kier molecular flexibility index (Phi) is 3.44. The molecule has 94 valence electrons. The van der Waals surface area contributed by atoms with Crippen LogP contribution in [-0.4, -0.2) is 10.9 Å². The molecule has 2 aromatic rings. The molecule has 0 unspecified atom stereocenters. The van der Waals surface area contributed by atoms with Crippen molar-refractivity contribution in [3.63, 3.8) is 0 Å². The fourth-order valence-electron chi connectivity index (χ4n) is 1.61. The predicted molar refractivity (Wildman–Crippen MR) is 68.7 cm³/mol. The van der Waals surface area contributed by atoms with Crippen molar-refractivity contribution >= 4 is 5.91 Å². The topological polar surface area (TPSA) is 89.0 Å². The predicted octanol–water partition coefficient (Wildman–Crippen LogP) is 2.15. The molecule has 5 nitrogen and oxygen atoms in total. The zero-order chi connectivity index (χ0) is 13.8. The van der Waals surface area contributed by atoms with Gasteiger partial charge in [-0.25, -0.2) is 4.98 Å². The van der Waals surface area contributed by atoms with Gasteiger partial charge in [-0.3, -0.25) is 4.79 Å². The lowest BCUT2D eigenvalue weighted by atomic mass is 10.1. The fourth-order valence-corrected chi connectivity index (χ4v) is 1.61. The normalized spacial score (nSPS) is 9.68. The summed E-state index contributed by atoms with van der Waals surface area (Å²) in [5.41, 5.74) is 6.60. The first-order valence-corrected chi connectivity index (χ1v) is 5.56. The molecular weight excluding hydrogens is 242 g/mol. The Morgan fingerprint density at radius 3 is 2.79 bits per heavy atom. The van der Waals surface area contributed by atoms with Gasteiger partial charge in [-0.05, 0) is 30.7 Å². The van der Waals surface area contributed by atoms with Crippen LogP contribution in [0.1, 0.15) is 21.5 Å². The Morgan fingerprint density at radius 1 is 1.37 bits per heavy atom. The largest absolute Gasteiger partial charge is 0.437 e. The van der Waals surface area contributed by atoms with Crippen LogP contribution in [0.15, 0.2) is 36.5 Å². The molecule has 0 radical (unpaired) electrons. The van der Waals surface area contributed by atoms with Gasteiger partial charge >= 0.3 is 0 Å². The van der Waals surface area contributed by atoms with Crippen molar-refractivity contribution in [2.45, 2.75) is 6.92 Å². The molecule has 2 N–H and O–H groups in total. The number of carbonyl (C=O) groups excluding carboxylic acids is 1. The van der Waals surface area contributed by atoms with Gasteiger partial charge in [0.15, 0.2) is 0 Å². The standard InChI is InChI=1S/C14H11N3O2/c1-9-6-7-17-14(11(9)8-15)19-12-5-3-2-4-10(12)13(16)18/h2-7H,1H3,(H2,16,18). The minimum Gasteiger partial charge on any atom is -0.437 e. The van der Waals surface area contributed by atoms with Crippen LogP contribution in [0.25, 0.3) is 0 Å². The molecule has 0 spiro atoms. The number of ether oxygens (including phenoxy) is 1. The average molecular weight is 253 g/mol. The van der Waals surface area contributed by atoms with Gasteiger partial charge in [0.05, 0.1) is 5.56 Å². The number of primary amides is 1. The summed E-state index contributed by atoms with van der Waals surface area (Å²) in [5.74, 6) is -0.150. The highest BCUT2D eigenvalue weighted by Crippen LogP contribution is 2.27. The first kappa shape index (κ1) is 12.6. The number of nitrogens with zero attached hydrogens (tertiary/aromatic N) is 2. The van der Waals surface area contributed by atoms with Crippen LogP contribution in [0, 0.1) is 18.3 Å². The van der Waals surface area contributed by atoms with Crippen molar-refractivity contribution < 1.29 is 9.53 Å². The van der Waals surface area contributed by atoms with E-state index < -0.39 is 5.91 Å². The SMILES string of the molecule is Cc1ccnc(Oc2ccccc2C(N)=O)c1C#N. The summed E-state index contributed by atoms with van der Waals surface area (Å²) in [7, 11) is 0. The molecule has 1 aromatic carbocycles. The van der Waals surface area contributed by atoms with Gasteiger partial charge in [0.25, 0.3) is 5.91 Å². The van der Waals surface area contributed by atoms with Gasteiger partial charge < -0.3 is 10.5 Å². The van der Waals surface area contributed by atoms with Gasteiger partial charge in [0.1, 0.15) is 17.4 Å². The van der Waals surface area contributed by atoms with Gasteiger partial charge in [0, 0.05) is 6.20 Å². The van der Waals surface area contributed by atoms with Crippen LogP contribution in [0.3, 0.4) is 0 Å². The second kappa shape index (κ2) is 5.19. The number of hydrogen-bond donors (Lipinski definition) is 1.